The summed E-state index contributed by atoms with van der Waals surface area (Å²) in [5.41, 5.74) is 7.59. The molecule has 3 rings (SSSR count). The number of nitrogens with two attached hydrogens (primary N) is 1. The summed E-state index contributed by atoms with van der Waals surface area (Å²) in [7, 11) is 0. The summed E-state index contributed by atoms with van der Waals surface area (Å²) in [5, 5.41) is 10.3. The summed E-state index contributed by atoms with van der Waals surface area (Å²) in [5.74, 6) is 0. The van der Waals surface area contributed by atoms with Crippen LogP contribution >= 0.6 is 0 Å². The molecule has 1 fully saturated rings. The van der Waals surface area contributed by atoms with Crippen molar-refractivity contribution in [2.45, 2.75) is 31.1 Å². The lowest BCUT2D eigenvalue weighted by Crippen LogP contribution is -2.32. The Labute approximate surface area is 101 Å². The van der Waals surface area contributed by atoms with Crippen LogP contribution in [0.15, 0.2) is 30.6 Å². The highest BCUT2D eigenvalue weighted by molar-refractivity contribution is 5.85. The maximum absolute atomic E-state index is 6.06. The fourth-order valence-corrected chi connectivity index (χ4v) is 3.12. The number of fused-ring (bicyclic) bond motifs is 1. The Morgan fingerprint density at radius 3 is 2.65 bits per heavy atom. The zero-order chi connectivity index (χ0) is 11.7. The molecule has 0 aliphatic heterocycles. The molecule has 0 amide bonds. The maximum atomic E-state index is 6.06. The first kappa shape index (κ1) is 10.7. The number of nitrogens with zero attached hydrogens (tertiary/aromatic N) is 2. The first-order valence-corrected chi connectivity index (χ1v) is 6.26. The minimum absolute atomic E-state index is 0.169. The third kappa shape index (κ3) is 1.62. The van der Waals surface area contributed by atoms with E-state index < -0.39 is 0 Å². The van der Waals surface area contributed by atoms with Gasteiger partial charge in [0.25, 0.3) is 0 Å². The molecule has 2 aromatic rings. The van der Waals surface area contributed by atoms with Gasteiger partial charge in [-0.3, -0.25) is 0 Å². The molecule has 1 aromatic heterocycles. The summed E-state index contributed by atoms with van der Waals surface area (Å²) in [4.78, 5) is 0. The van der Waals surface area contributed by atoms with Crippen molar-refractivity contribution in [3.05, 3.63) is 36.2 Å². The van der Waals surface area contributed by atoms with Crippen LogP contribution in [0.1, 0.15) is 31.2 Å². The normalized spacial score (nSPS) is 18.6. The molecule has 1 heterocycles. The number of hydrogen-bond acceptors (Lipinski definition) is 3. The number of hydrogen-bond donors (Lipinski definition) is 1. The molecule has 0 saturated heterocycles. The minimum Gasteiger partial charge on any atom is -0.330 e. The van der Waals surface area contributed by atoms with Gasteiger partial charge in [-0.25, -0.2) is 0 Å². The van der Waals surface area contributed by atoms with E-state index in [4.69, 9.17) is 5.73 Å². The van der Waals surface area contributed by atoms with Crippen LogP contribution in [0.5, 0.6) is 0 Å². The fraction of sp³-hybridized carbons (Fsp3) is 0.429. The van der Waals surface area contributed by atoms with E-state index >= 15 is 0 Å². The smallest absolute Gasteiger partial charge is 0.0577 e. The van der Waals surface area contributed by atoms with Crippen molar-refractivity contribution in [3.63, 3.8) is 0 Å². The maximum Gasteiger partial charge on any atom is 0.0577 e. The first-order chi connectivity index (χ1) is 8.36. The molecular formula is C14H17N3. The van der Waals surface area contributed by atoms with Crippen molar-refractivity contribution in [1.82, 2.24) is 10.2 Å². The van der Waals surface area contributed by atoms with Gasteiger partial charge in [0, 0.05) is 22.7 Å². The average Bonchev–Trinajstić information content (AvgIpc) is 2.88. The zero-order valence-corrected chi connectivity index (χ0v) is 9.89. The minimum atomic E-state index is 0.169. The molecule has 1 saturated carbocycles. The number of rotatable bonds is 2. The molecule has 0 atom stereocenters. The summed E-state index contributed by atoms with van der Waals surface area (Å²) < 4.78 is 0. The van der Waals surface area contributed by atoms with E-state index in [2.05, 4.69) is 28.4 Å². The molecule has 1 aromatic carbocycles. The molecule has 0 spiro atoms. The Balaban J connectivity index is 2.22. The monoisotopic (exact) mass is 227 g/mol. The van der Waals surface area contributed by atoms with Crippen LogP contribution in [0.4, 0.5) is 0 Å². The van der Waals surface area contributed by atoms with E-state index in [0.29, 0.717) is 0 Å². The van der Waals surface area contributed by atoms with Gasteiger partial charge in [-0.15, -0.1) is 0 Å². The molecule has 1 aliphatic carbocycles. The second-order valence-electron chi connectivity index (χ2n) is 4.99. The Morgan fingerprint density at radius 2 is 1.88 bits per heavy atom. The van der Waals surface area contributed by atoms with E-state index in [9.17, 15) is 0 Å². The SMILES string of the molecule is NCC1(c2cccc3cnncc23)CCCC1. The quantitative estimate of drug-likeness (QED) is 0.857. The van der Waals surface area contributed by atoms with Crippen molar-refractivity contribution >= 4 is 10.8 Å². The summed E-state index contributed by atoms with van der Waals surface area (Å²) in [6, 6.07) is 6.41. The lowest BCUT2D eigenvalue weighted by Gasteiger charge is -2.29. The fourth-order valence-electron chi connectivity index (χ4n) is 3.12. The van der Waals surface area contributed by atoms with Crippen LogP contribution < -0.4 is 5.73 Å². The van der Waals surface area contributed by atoms with Crippen LogP contribution in [0.2, 0.25) is 0 Å². The van der Waals surface area contributed by atoms with Crippen LogP contribution in [-0.2, 0) is 5.41 Å². The summed E-state index contributed by atoms with van der Waals surface area (Å²) in [6.07, 6.45) is 8.67. The Kier molecular flexibility index (Phi) is 2.56. The van der Waals surface area contributed by atoms with E-state index in [1.165, 1.54) is 36.6 Å². The predicted octanol–water partition coefficient (Wildman–Crippen LogP) is 2.40. The van der Waals surface area contributed by atoms with E-state index in [-0.39, 0.29) is 5.41 Å². The third-order valence-electron chi connectivity index (χ3n) is 4.11. The van der Waals surface area contributed by atoms with Gasteiger partial charge < -0.3 is 5.73 Å². The summed E-state index contributed by atoms with van der Waals surface area (Å²) >= 11 is 0. The highest BCUT2D eigenvalue weighted by atomic mass is 15.1. The average molecular weight is 227 g/mol. The second kappa shape index (κ2) is 4.08. The zero-order valence-electron chi connectivity index (χ0n) is 9.89. The lowest BCUT2D eigenvalue weighted by molar-refractivity contribution is 0.457. The van der Waals surface area contributed by atoms with Gasteiger partial charge in [0.15, 0.2) is 0 Å². The molecule has 2 N–H and O–H groups in total. The molecule has 88 valence electrons. The van der Waals surface area contributed by atoms with Gasteiger partial charge >= 0.3 is 0 Å². The van der Waals surface area contributed by atoms with Gasteiger partial charge in [0.2, 0.25) is 0 Å². The molecule has 0 bridgehead atoms. The number of benzene rings is 1. The van der Waals surface area contributed by atoms with Gasteiger partial charge in [-0.05, 0) is 18.4 Å². The Hall–Kier alpha value is -1.48. The Morgan fingerprint density at radius 1 is 1.12 bits per heavy atom. The predicted molar refractivity (Wildman–Crippen MR) is 68.7 cm³/mol. The van der Waals surface area contributed by atoms with Crippen molar-refractivity contribution in [2.24, 2.45) is 5.73 Å². The second-order valence-corrected chi connectivity index (χ2v) is 4.99. The molecular weight excluding hydrogens is 210 g/mol. The van der Waals surface area contributed by atoms with E-state index in [1.807, 2.05) is 12.4 Å². The highest BCUT2D eigenvalue weighted by Gasteiger charge is 2.35. The first-order valence-electron chi connectivity index (χ1n) is 6.26. The lowest BCUT2D eigenvalue weighted by atomic mass is 9.77. The highest BCUT2D eigenvalue weighted by Crippen LogP contribution is 2.42. The van der Waals surface area contributed by atoms with Gasteiger partial charge in [0.1, 0.15) is 0 Å². The largest absolute Gasteiger partial charge is 0.330 e. The van der Waals surface area contributed by atoms with E-state index in [1.54, 1.807) is 0 Å². The molecule has 3 heteroatoms. The number of aromatic nitrogens is 2. The topological polar surface area (TPSA) is 51.8 Å². The molecule has 17 heavy (non-hydrogen) atoms. The Bertz CT molecular complexity index is 524. The molecule has 0 radical (unpaired) electrons. The third-order valence-corrected chi connectivity index (χ3v) is 4.11. The molecule has 1 aliphatic rings. The van der Waals surface area contributed by atoms with Crippen LogP contribution in [0.3, 0.4) is 0 Å². The van der Waals surface area contributed by atoms with E-state index in [0.717, 1.165) is 11.9 Å². The summed E-state index contributed by atoms with van der Waals surface area (Å²) in [6.45, 7) is 0.731. The molecule has 0 unspecified atom stereocenters. The van der Waals surface area contributed by atoms with Crippen LogP contribution in [0.25, 0.3) is 10.8 Å². The van der Waals surface area contributed by atoms with Crippen molar-refractivity contribution in [2.75, 3.05) is 6.54 Å². The van der Waals surface area contributed by atoms with Crippen LogP contribution in [-0.4, -0.2) is 16.7 Å². The van der Waals surface area contributed by atoms with Crippen molar-refractivity contribution < 1.29 is 0 Å². The van der Waals surface area contributed by atoms with Crippen molar-refractivity contribution in [3.8, 4) is 0 Å². The van der Waals surface area contributed by atoms with Gasteiger partial charge in [-0.2, -0.15) is 10.2 Å². The van der Waals surface area contributed by atoms with Crippen molar-refractivity contribution in [1.29, 1.82) is 0 Å². The molecule has 3 nitrogen and oxygen atoms in total. The van der Waals surface area contributed by atoms with Crippen LogP contribution in [0, 0.1) is 0 Å². The standard InChI is InChI=1S/C14H17N3/c15-10-14(6-1-2-7-14)13-5-3-4-11-8-16-17-9-12(11)13/h3-5,8-9H,1-2,6-7,10,15H2. The van der Waals surface area contributed by atoms with Gasteiger partial charge in [-0.1, -0.05) is 31.0 Å². The van der Waals surface area contributed by atoms with Gasteiger partial charge in [0.05, 0.1) is 12.4 Å².